The normalized spacial score (nSPS) is 9.89. The first kappa shape index (κ1) is 14.6. The van der Waals surface area contributed by atoms with E-state index in [1.165, 1.54) is 6.92 Å². The lowest BCUT2D eigenvalue weighted by Crippen LogP contribution is -2.29. The molecule has 0 heterocycles. The van der Waals surface area contributed by atoms with Crippen molar-refractivity contribution in [2.75, 3.05) is 23.9 Å². The molecule has 5 heteroatoms. The molecule has 18 heavy (non-hydrogen) atoms. The van der Waals surface area contributed by atoms with Crippen LogP contribution in [0.2, 0.25) is 0 Å². The second kappa shape index (κ2) is 7.76. The van der Waals surface area contributed by atoms with Gasteiger partial charge in [-0.05, 0) is 37.5 Å². The third-order valence-electron chi connectivity index (χ3n) is 2.34. The van der Waals surface area contributed by atoms with E-state index in [0.717, 1.165) is 12.2 Å². The van der Waals surface area contributed by atoms with Crippen LogP contribution in [0, 0.1) is 0 Å². The standard InChI is InChI=1S/C13H18N2O2S/c1-10(16)11-5-3-6-12(9-11)15-13(17)14-7-4-8-18-2/h3,5-6,9H,4,7-8H2,1-2H3,(H2,14,15,17). The topological polar surface area (TPSA) is 58.2 Å². The van der Waals surface area contributed by atoms with Crippen LogP contribution in [0.25, 0.3) is 0 Å². The van der Waals surface area contributed by atoms with Crippen molar-refractivity contribution in [1.82, 2.24) is 5.32 Å². The summed E-state index contributed by atoms with van der Waals surface area (Å²) in [7, 11) is 0. The molecule has 0 radical (unpaired) electrons. The number of thioether (sulfide) groups is 1. The van der Waals surface area contributed by atoms with E-state index in [1.807, 2.05) is 6.26 Å². The number of rotatable bonds is 6. The predicted octanol–water partition coefficient (Wildman–Crippen LogP) is 2.76. The fraction of sp³-hybridized carbons (Fsp3) is 0.385. The number of benzene rings is 1. The van der Waals surface area contributed by atoms with Gasteiger partial charge in [-0.1, -0.05) is 12.1 Å². The number of hydrogen-bond donors (Lipinski definition) is 2. The van der Waals surface area contributed by atoms with Gasteiger partial charge in [0.1, 0.15) is 0 Å². The van der Waals surface area contributed by atoms with Crippen LogP contribution in [0.1, 0.15) is 23.7 Å². The average Bonchev–Trinajstić information content (AvgIpc) is 2.35. The molecule has 0 fully saturated rings. The number of hydrogen-bond acceptors (Lipinski definition) is 3. The molecule has 0 spiro atoms. The molecule has 1 rings (SSSR count). The maximum absolute atomic E-state index is 11.5. The summed E-state index contributed by atoms with van der Waals surface area (Å²) in [6.07, 6.45) is 2.98. The smallest absolute Gasteiger partial charge is 0.319 e. The van der Waals surface area contributed by atoms with Crippen molar-refractivity contribution in [3.63, 3.8) is 0 Å². The molecule has 0 saturated carbocycles. The summed E-state index contributed by atoms with van der Waals surface area (Å²) in [6, 6.07) is 6.67. The van der Waals surface area contributed by atoms with Gasteiger partial charge in [-0.25, -0.2) is 4.79 Å². The number of Topliss-reactive ketones (excluding diaryl/α,β-unsaturated/α-hetero) is 1. The fourth-order valence-electron chi connectivity index (χ4n) is 1.41. The summed E-state index contributed by atoms with van der Waals surface area (Å²) in [5.41, 5.74) is 1.22. The summed E-state index contributed by atoms with van der Waals surface area (Å²) in [4.78, 5) is 22.7. The van der Waals surface area contributed by atoms with Crippen LogP contribution in [-0.4, -0.2) is 30.4 Å². The van der Waals surface area contributed by atoms with Crippen molar-refractivity contribution in [3.8, 4) is 0 Å². The Morgan fingerprint density at radius 2 is 2.11 bits per heavy atom. The lowest BCUT2D eigenvalue weighted by molar-refractivity contribution is 0.101. The Morgan fingerprint density at radius 3 is 2.78 bits per heavy atom. The van der Waals surface area contributed by atoms with Gasteiger partial charge < -0.3 is 10.6 Å². The van der Waals surface area contributed by atoms with Gasteiger partial charge in [0.15, 0.2) is 5.78 Å². The van der Waals surface area contributed by atoms with Crippen molar-refractivity contribution in [1.29, 1.82) is 0 Å². The van der Waals surface area contributed by atoms with Gasteiger partial charge in [0.2, 0.25) is 0 Å². The first-order valence-electron chi connectivity index (χ1n) is 5.78. The average molecular weight is 266 g/mol. The highest BCUT2D eigenvalue weighted by Gasteiger charge is 2.03. The molecule has 0 unspecified atom stereocenters. The number of carbonyl (C=O) groups is 2. The van der Waals surface area contributed by atoms with E-state index in [9.17, 15) is 9.59 Å². The number of ketones is 1. The predicted molar refractivity (Wildman–Crippen MR) is 76.5 cm³/mol. The number of anilines is 1. The second-order valence-electron chi connectivity index (χ2n) is 3.86. The summed E-state index contributed by atoms with van der Waals surface area (Å²) in [5.74, 6) is 1.01. The summed E-state index contributed by atoms with van der Waals surface area (Å²) in [5, 5.41) is 5.47. The minimum atomic E-state index is -0.239. The minimum Gasteiger partial charge on any atom is -0.338 e. The molecule has 4 nitrogen and oxygen atoms in total. The van der Waals surface area contributed by atoms with E-state index < -0.39 is 0 Å². The van der Waals surface area contributed by atoms with Gasteiger partial charge in [0.25, 0.3) is 0 Å². The highest BCUT2D eigenvalue weighted by molar-refractivity contribution is 7.98. The monoisotopic (exact) mass is 266 g/mol. The number of urea groups is 1. The van der Waals surface area contributed by atoms with E-state index in [0.29, 0.717) is 17.8 Å². The van der Waals surface area contributed by atoms with E-state index in [4.69, 9.17) is 0 Å². The molecular formula is C13H18N2O2S. The van der Waals surface area contributed by atoms with Gasteiger partial charge >= 0.3 is 6.03 Å². The van der Waals surface area contributed by atoms with Crippen molar-refractivity contribution >= 4 is 29.3 Å². The molecule has 1 aromatic carbocycles. The minimum absolute atomic E-state index is 0.0148. The molecule has 2 amide bonds. The van der Waals surface area contributed by atoms with Crippen LogP contribution in [0.4, 0.5) is 10.5 Å². The Kier molecular flexibility index (Phi) is 6.28. The Labute approximate surface area is 112 Å². The highest BCUT2D eigenvalue weighted by atomic mass is 32.2. The number of nitrogens with one attached hydrogen (secondary N) is 2. The highest BCUT2D eigenvalue weighted by Crippen LogP contribution is 2.10. The molecule has 0 saturated heterocycles. The van der Waals surface area contributed by atoms with E-state index in [-0.39, 0.29) is 11.8 Å². The molecule has 0 aliphatic heterocycles. The van der Waals surface area contributed by atoms with Crippen molar-refractivity contribution < 1.29 is 9.59 Å². The quantitative estimate of drug-likeness (QED) is 0.615. The molecule has 0 aromatic heterocycles. The van der Waals surface area contributed by atoms with Crippen LogP contribution in [-0.2, 0) is 0 Å². The summed E-state index contributed by atoms with van der Waals surface area (Å²) < 4.78 is 0. The van der Waals surface area contributed by atoms with E-state index >= 15 is 0 Å². The Morgan fingerprint density at radius 1 is 1.33 bits per heavy atom. The molecule has 0 aliphatic rings. The van der Waals surface area contributed by atoms with Crippen molar-refractivity contribution in [2.45, 2.75) is 13.3 Å². The fourth-order valence-corrected chi connectivity index (χ4v) is 1.84. The molecule has 0 aliphatic carbocycles. The lowest BCUT2D eigenvalue weighted by Gasteiger charge is -2.08. The summed E-state index contributed by atoms with van der Waals surface area (Å²) in [6.45, 7) is 2.15. The van der Waals surface area contributed by atoms with E-state index in [2.05, 4.69) is 10.6 Å². The van der Waals surface area contributed by atoms with Crippen LogP contribution in [0.5, 0.6) is 0 Å². The molecule has 98 valence electrons. The van der Waals surface area contributed by atoms with Crippen LogP contribution >= 0.6 is 11.8 Å². The molecule has 1 aromatic rings. The van der Waals surface area contributed by atoms with Crippen LogP contribution in [0.3, 0.4) is 0 Å². The number of carbonyl (C=O) groups excluding carboxylic acids is 2. The molecule has 0 atom stereocenters. The number of amides is 2. The largest absolute Gasteiger partial charge is 0.338 e. The van der Waals surface area contributed by atoms with Crippen molar-refractivity contribution in [3.05, 3.63) is 29.8 Å². The SMILES string of the molecule is CSCCCNC(=O)Nc1cccc(C(C)=O)c1. The maximum Gasteiger partial charge on any atom is 0.319 e. The Bertz CT molecular complexity index is 421. The van der Waals surface area contributed by atoms with E-state index in [1.54, 1.807) is 36.0 Å². The zero-order valence-electron chi connectivity index (χ0n) is 10.7. The zero-order valence-corrected chi connectivity index (χ0v) is 11.5. The maximum atomic E-state index is 11.5. The van der Waals surface area contributed by atoms with Gasteiger partial charge in [0, 0.05) is 17.8 Å². The molecule has 2 N–H and O–H groups in total. The first-order chi connectivity index (χ1) is 8.63. The second-order valence-corrected chi connectivity index (χ2v) is 4.85. The Hall–Kier alpha value is -1.49. The molecular weight excluding hydrogens is 248 g/mol. The third-order valence-corrected chi connectivity index (χ3v) is 3.03. The van der Waals surface area contributed by atoms with Crippen LogP contribution < -0.4 is 10.6 Å². The lowest BCUT2D eigenvalue weighted by atomic mass is 10.1. The van der Waals surface area contributed by atoms with Gasteiger partial charge in [0.05, 0.1) is 0 Å². The third kappa shape index (κ3) is 5.23. The summed E-state index contributed by atoms with van der Waals surface area (Å²) >= 11 is 1.75. The van der Waals surface area contributed by atoms with Gasteiger partial charge in [-0.2, -0.15) is 11.8 Å². The zero-order chi connectivity index (χ0) is 13.4. The van der Waals surface area contributed by atoms with Crippen molar-refractivity contribution in [2.24, 2.45) is 0 Å². The molecule has 0 bridgehead atoms. The van der Waals surface area contributed by atoms with Gasteiger partial charge in [-0.3, -0.25) is 4.79 Å². The Balaban J connectivity index is 2.44. The van der Waals surface area contributed by atoms with Crippen LogP contribution in [0.15, 0.2) is 24.3 Å². The first-order valence-corrected chi connectivity index (χ1v) is 7.17. The van der Waals surface area contributed by atoms with Gasteiger partial charge in [-0.15, -0.1) is 0 Å².